The molecule has 0 radical (unpaired) electrons. The predicted octanol–water partition coefficient (Wildman–Crippen LogP) is 4.17. The third-order valence-corrected chi connectivity index (χ3v) is 3.36. The molecule has 0 saturated heterocycles. The van der Waals surface area contributed by atoms with Gasteiger partial charge in [0.25, 0.3) is 0 Å². The Bertz CT molecular complexity index is 485. The first kappa shape index (κ1) is 14.4. The first-order chi connectivity index (χ1) is 9.92. The van der Waals surface area contributed by atoms with Crippen LogP contribution in [0, 0.1) is 12.3 Å². The van der Waals surface area contributed by atoms with E-state index in [1.807, 2.05) is 0 Å². The van der Waals surface area contributed by atoms with E-state index < -0.39 is 0 Å². The van der Waals surface area contributed by atoms with Crippen LogP contribution in [0.2, 0.25) is 0 Å². The summed E-state index contributed by atoms with van der Waals surface area (Å²) in [6, 6.07) is 21.4. The summed E-state index contributed by atoms with van der Waals surface area (Å²) >= 11 is 0. The summed E-state index contributed by atoms with van der Waals surface area (Å²) in [4.78, 5) is 0. The fourth-order valence-electron chi connectivity index (χ4n) is 2.32. The van der Waals surface area contributed by atoms with Gasteiger partial charge in [0.15, 0.2) is 0 Å². The van der Waals surface area contributed by atoms with Crippen molar-refractivity contribution in [1.82, 2.24) is 5.32 Å². The molecule has 0 saturated carbocycles. The lowest BCUT2D eigenvalue weighted by atomic mass is 9.98. The highest BCUT2D eigenvalue weighted by Gasteiger charge is 2.12. The summed E-state index contributed by atoms with van der Waals surface area (Å²) in [6.07, 6.45) is 8.34. The zero-order valence-electron chi connectivity index (χ0n) is 11.8. The molecule has 0 spiro atoms. The SMILES string of the molecule is C#CCCCCNC(c1ccccc1)c1ccccc1. The molecule has 0 aromatic heterocycles. The zero-order chi connectivity index (χ0) is 14.0. The van der Waals surface area contributed by atoms with E-state index in [0.29, 0.717) is 0 Å². The highest BCUT2D eigenvalue weighted by molar-refractivity contribution is 5.31. The Hall–Kier alpha value is -2.04. The first-order valence-electron chi connectivity index (χ1n) is 7.18. The molecule has 1 heteroatoms. The van der Waals surface area contributed by atoms with Gasteiger partial charge in [-0.05, 0) is 30.5 Å². The molecule has 1 N–H and O–H groups in total. The molecular formula is C19H21N. The van der Waals surface area contributed by atoms with Gasteiger partial charge in [-0.2, -0.15) is 0 Å². The minimum atomic E-state index is 0.253. The molecule has 2 aromatic rings. The van der Waals surface area contributed by atoms with Gasteiger partial charge in [0.05, 0.1) is 6.04 Å². The maximum absolute atomic E-state index is 5.28. The van der Waals surface area contributed by atoms with Gasteiger partial charge >= 0.3 is 0 Å². The molecule has 1 nitrogen and oxygen atoms in total. The van der Waals surface area contributed by atoms with E-state index in [-0.39, 0.29) is 6.04 Å². The first-order valence-corrected chi connectivity index (χ1v) is 7.18. The summed E-state index contributed by atoms with van der Waals surface area (Å²) in [6.45, 7) is 0.982. The smallest absolute Gasteiger partial charge is 0.0576 e. The summed E-state index contributed by atoms with van der Waals surface area (Å²) in [5.74, 6) is 2.69. The Kier molecular flexibility index (Phi) is 5.89. The van der Waals surface area contributed by atoms with Crippen LogP contribution in [0.25, 0.3) is 0 Å². The van der Waals surface area contributed by atoms with Crippen molar-refractivity contribution in [2.45, 2.75) is 25.3 Å². The van der Waals surface area contributed by atoms with Crippen LogP contribution in [0.5, 0.6) is 0 Å². The fraction of sp³-hybridized carbons (Fsp3) is 0.263. The summed E-state index contributed by atoms with van der Waals surface area (Å²) < 4.78 is 0. The lowest BCUT2D eigenvalue weighted by Crippen LogP contribution is -2.23. The minimum absolute atomic E-state index is 0.253. The van der Waals surface area contributed by atoms with Gasteiger partial charge in [-0.25, -0.2) is 0 Å². The largest absolute Gasteiger partial charge is 0.306 e. The predicted molar refractivity (Wildman–Crippen MR) is 85.4 cm³/mol. The lowest BCUT2D eigenvalue weighted by molar-refractivity contribution is 0.572. The molecule has 0 unspecified atom stereocenters. The third-order valence-electron chi connectivity index (χ3n) is 3.36. The molecule has 0 amide bonds. The van der Waals surface area contributed by atoms with E-state index in [2.05, 4.69) is 71.9 Å². The van der Waals surface area contributed by atoms with Gasteiger partial charge in [0.2, 0.25) is 0 Å². The lowest BCUT2D eigenvalue weighted by Gasteiger charge is -2.19. The van der Waals surface area contributed by atoms with Crippen molar-refractivity contribution in [2.24, 2.45) is 0 Å². The van der Waals surface area contributed by atoms with Crippen molar-refractivity contribution in [2.75, 3.05) is 6.54 Å². The Labute approximate surface area is 122 Å². The molecule has 2 rings (SSSR count). The number of unbranched alkanes of at least 4 members (excludes halogenated alkanes) is 2. The maximum atomic E-state index is 5.28. The van der Waals surface area contributed by atoms with Gasteiger partial charge in [0.1, 0.15) is 0 Å². The van der Waals surface area contributed by atoms with Crippen LogP contribution < -0.4 is 5.32 Å². The van der Waals surface area contributed by atoms with Crippen LogP contribution in [-0.2, 0) is 0 Å². The van der Waals surface area contributed by atoms with Crippen molar-refractivity contribution in [3.63, 3.8) is 0 Å². The summed E-state index contributed by atoms with van der Waals surface area (Å²) in [7, 11) is 0. The quantitative estimate of drug-likeness (QED) is 0.584. The van der Waals surface area contributed by atoms with Gasteiger partial charge in [-0.1, -0.05) is 60.7 Å². The monoisotopic (exact) mass is 263 g/mol. The Balaban J connectivity index is 2.04. The number of hydrogen-bond donors (Lipinski definition) is 1. The van der Waals surface area contributed by atoms with Crippen molar-refractivity contribution in [1.29, 1.82) is 0 Å². The molecule has 2 aromatic carbocycles. The van der Waals surface area contributed by atoms with E-state index in [0.717, 1.165) is 25.8 Å². The van der Waals surface area contributed by atoms with Gasteiger partial charge < -0.3 is 5.32 Å². The van der Waals surface area contributed by atoms with Gasteiger partial charge in [0, 0.05) is 6.42 Å². The topological polar surface area (TPSA) is 12.0 Å². The molecule has 0 aliphatic rings. The van der Waals surface area contributed by atoms with Crippen LogP contribution >= 0.6 is 0 Å². The van der Waals surface area contributed by atoms with Crippen molar-refractivity contribution >= 4 is 0 Å². The summed E-state index contributed by atoms with van der Waals surface area (Å²) in [5, 5.41) is 3.64. The van der Waals surface area contributed by atoms with Crippen LogP contribution in [0.1, 0.15) is 36.4 Å². The fourth-order valence-corrected chi connectivity index (χ4v) is 2.32. The minimum Gasteiger partial charge on any atom is -0.306 e. The molecule has 0 heterocycles. The molecular weight excluding hydrogens is 242 g/mol. The van der Waals surface area contributed by atoms with Crippen molar-refractivity contribution in [3.05, 3.63) is 71.8 Å². The van der Waals surface area contributed by atoms with Crippen LogP contribution in [0.4, 0.5) is 0 Å². The molecule has 20 heavy (non-hydrogen) atoms. The second-order valence-corrected chi connectivity index (χ2v) is 4.87. The van der Waals surface area contributed by atoms with Crippen LogP contribution in [0.15, 0.2) is 60.7 Å². The number of terminal acetylenes is 1. The molecule has 102 valence electrons. The molecule has 0 bridgehead atoms. The highest BCUT2D eigenvalue weighted by Crippen LogP contribution is 2.21. The maximum Gasteiger partial charge on any atom is 0.0576 e. The normalized spacial score (nSPS) is 10.4. The van der Waals surface area contributed by atoms with E-state index in [1.54, 1.807) is 0 Å². The van der Waals surface area contributed by atoms with Crippen LogP contribution in [0.3, 0.4) is 0 Å². The zero-order valence-corrected chi connectivity index (χ0v) is 11.8. The standard InChI is InChI=1S/C19H21N/c1-2-3-4-11-16-20-19(17-12-7-5-8-13-17)18-14-9-6-10-15-18/h1,5-10,12-15,19-20H,3-4,11,16H2. The summed E-state index contributed by atoms with van der Waals surface area (Å²) in [5.41, 5.74) is 2.60. The molecule has 0 atom stereocenters. The van der Waals surface area contributed by atoms with Crippen molar-refractivity contribution in [3.8, 4) is 12.3 Å². The second kappa shape index (κ2) is 8.19. The Morgan fingerprint density at radius 2 is 1.40 bits per heavy atom. The number of benzene rings is 2. The molecule has 0 aliphatic carbocycles. The second-order valence-electron chi connectivity index (χ2n) is 4.87. The average Bonchev–Trinajstić information content (AvgIpc) is 2.53. The average molecular weight is 263 g/mol. The van der Waals surface area contributed by atoms with E-state index in [9.17, 15) is 0 Å². The highest BCUT2D eigenvalue weighted by atomic mass is 14.9. The Morgan fingerprint density at radius 3 is 1.90 bits per heavy atom. The number of nitrogens with one attached hydrogen (secondary N) is 1. The van der Waals surface area contributed by atoms with Gasteiger partial charge in [-0.15, -0.1) is 12.3 Å². The van der Waals surface area contributed by atoms with Gasteiger partial charge in [-0.3, -0.25) is 0 Å². The van der Waals surface area contributed by atoms with E-state index in [4.69, 9.17) is 6.42 Å². The van der Waals surface area contributed by atoms with Crippen molar-refractivity contribution < 1.29 is 0 Å². The number of hydrogen-bond acceptors (Lipinski definition) is 1. The molecule has 0 fully saturated rings. The van der Waals surface area contributed by atoms with E-state index in [1.165, 1.54) is 11.1 Å². The Morgan fingerprint density at radius 1 is 0.850 bits per heavy atom. The molecule has 0 aliphatic heterocycles. The van der Waals surface area contributed by atoms with Crippen LogP contribution in [-0.4, -0.2) is 6.54 Å². The van der Waals surface area contributed by atoms with E-state index >= 15 is 0 Å². The third kappa shape index (κ3) is 4.26. The number of rotatable bonds is 7.